The van der Waals surface area contributed by atoms with Crippen LogP contribution in [0.1, 0.15) is 31.2 Å². The molecule has 10 heteroatoms. The molecule has 0 aromatic heterocycles. The van der Waals surface area contributed by atoms with Crippen molar-refractivity contribution < 1.29 is 27.6 Å². The van der Waals surface area contributed by atoms with Gasteiger partial charge in [-0.1, -0.05) is 18.9 Å². The van der Waals surface area contributed by atoms with Crippen molar-refractivity contribution in [1.29, 1.82) is 0 Å². The molecular weight excluding hydrogens is 401 g/mol. The second kappa shape index (κ2) is 7.90. The first-order chi connectivity index (χ1) is 14.3. The zero-order valence-corrected chi connectivity index (χ0v) is 16.4. The van der Waals surface area contributed by atoms with E-state index in [1.807, 2.05) is 9.80 Å². The van der Waals surface area contributed by atoms with Crippen LogP contribution in [0.2, 0.25) is 0 Å². The molecule has 2 saturated heterocycles. The van der Waals surface area contributed by atoms with E-state index in [4.69, 9.17) is 0 Å². The molecule has 0 atom stereocenters. The summed E-state index contributed by atoms with van der Waals surface area (Å²) in [6, 6.07) is 4.43. The number of anilines is 1. The molecule has 0 spiro atoms. The molecular formula is C20H23F3N4O3. The fourth-order valence-corrected chi connectivity index (χ4v) is 4.36. The molecule has 1 saturated carbocycles. The van der Waals surface area contributed by atoms with Gasteiger partial charge in [0.05, 0.1) is 12.2 Å². The first-order valence-corrected chi connectivity index (χ1v) is 10.1. The highest BCUT2D eigenvalue weighted by atomic mass is 19.4. The number of nitrogens with zero attached hydrogens (tertiary/aromatic N) is 4. The Morgan fingerprint density at radius 1 is 0.933 bits per heavy atom. The van der Waals surface area contributed by atoms with Crippen LogP contribution in [0, 0.1) is 0 Å². The number of hydrogen-bond donors (Lipinski definition) is 0. The molecule has 0 radical (unpaired) electrons. The largest absolute Gasteiger partial charge is 0.416 e. The summed E-state index contributed by atoms with van der Waals surface area (Å²) in [6.45, 7) is 1.86. The lowest BCUT2D eigenvalue weighted by molar-refractivity contribution is -0.144. The molecule has 0 N–H and O–H groups in total. The second-order valence-electron chi connectivity index (χ2n) is 7.92. The number of imide groups is 2. The zero-order valence-electron chi connectivity index (χ0n) is 16.4. The van der Waals surface area contributed by atoms with Crippen LogP contribution in [0.25, 0.3) is 0 Å². The normalized spacial score (nSPS) is 22.0. The van der Waals surface area contributed by atoms with E-state index < -0.39 is 29.6 Å². The van der Waals surface area contributed by atoms with Gasteiger partial charge in [-0.2, -0.15) is 13.2 Å². The minimum absolute atomic E-state index is 0.0169. The Hall–Kier alpha value is -2.62. The molecule has 0 unspecified atom stereocenters. The van der Waals surface area contributed by atoms with E-state index in [0.29, 0.717) is 31.9 Å². The molecule has 0 bridgehead atoms. The van der Waals surface area contributed by atoms with Gasteiger partial charge in [-0.15, -0.1) is 0 Å². The Morgan fingerprint density at radius 2 is 1.60 bits per heavy atom. The van der Waals surface area contributed by atoms with Gasteiger partial charge >= 0.3 is 24.0 Å². The number of carbonyl (C=O) groups excluding carboxylic acids is 3. The average Bonchev–Trinajstić information content (AvgIpc) is 3.31. The predicted molar refractivity (Wildman–Crippen MR) is 101 cm³/mol. The molecule has 1 aliphatic carbocycles. The summed E-state index contributed by atoms with van der Waals surface area (Å²) in [5, 5.41) is 0. The average molecular weight is 424 g/mol. The summed E-state index contributed by atoms with van der Waals surface area (Å²) in [5.41, 5.74) is -0.207. The number of rotatable bonds is 4. The zero-order chi connectivity index (χ0) is 21.5. The molecule has 3 fully saturated rings. The SMILES string of the molecule is O=C1C(=O)N(C2CCCC2)C(=O)N1CN1CCN(c2cccc(C(F)(F)F)c2)CC1. The highest BCUT2D eigenvalue weighted by Crippen LogP contribution is 2.32. The van der Waals surface area contributed by atoms with Gasteiger partial charge in [-0.3, -0.25) is 19.4 Å². The maximum absolute atomic E-state index is 12.9. The van der Waals surface area contributed by atoms with Crippen LogP contribution in [0.4, 0.5) is 23.7 Å². The van der Waals surface area contributed by atoms with Crippen LogP contribution < -0.4 is 4.90 Å². The van der Waals surface area contributed by atoms with Crippen molar-refractivity contribution in [3.05, 3.63) is 29.8 Å². The van der Waals surface area contributed by atoms with Crippen LogP contribution >= 0.6 is 0 Å². The van der Waals surface area contributed by atoms with E-state index in [9.17, 15) is 27.6 Å². The lowest BCUT2D eigenvalue weighted by atomic mass is 10.1. The lowest BCUT2D eigenvalue weighted by Gasteiger charge is -2.37. The predicted octanol–water partition coefficient (Wildman–Crippen LogP) is 2.52. The van der Waals surface area contributed by atoms with Crippen molar-refractivity contribution in [2.75, 3.05) is 37.7 Å². The van der Waals surface area contributed by atoms with Crippen molar-refractivity contribution in [3.63, 3.8) is 0 Å². The van der Waals surface area contributed by atoms with Crippen LogP contribution in [0.5, 0.6) is 0 Å². The summed E-state index contributed by atoms with van der Waals surface area (Å²) < 4.78 is 38.8. The van der Waals surface area contributed by atoms with E-state index in [1.54, 1.807) is 6.07 Å². The first-order valence-electron chi connectivity index (χ1n) is 10.1. The fraction of sp³-hybridized carbons (Fsp3) is 0.550. The highest BCUT2D eigenvalue weighted by Gasteiger charge is 2.48. The standard InChI is InChI=1S/C20H23F3N4O3/c21-20(22,23)14-4-3-7-16(12-14)25-10-8-24(9-11-25)13-26-17(28)18(29)27(19(26)30)15-5-1-2-6-15/h3-4,7,12,15H,1-2,5-6,8-11,13H2. The van der Waals surface area contributed by atoms with E-state index in [2.05, 4.69) is 0 Å². The van der Waals surface area contributed by atoms with Crippen molar-refractivity contribution in [1.82, 2.24) is 14.7 Å². The molecule has 2 heterocycles. The van der Waals surface area contributed by atoms with Gasteiger partial charge in [0.1, 0.15) is 0 Å². The third-order valence-corrected chi connectivity index (χ3v) is 6.03. The van der Waals surface area contributed by atoms with Crippen LogP contribution in [0.15, 0.2) is 24.3 Å². The lowest BCUT2D eigenvalue weighted by Crippen LogP contribution is -2.51. The molecule has 3 aliphatic rings. The molecule has 7 nitrogen and oxygen atoms in total. The topological polar surface area (TPSA) is 64.2 Å². The minimum atomic E-state index is -4.40. The molecule has 4 amide bonds. The second-order valence-corrected chi connectivity index (χ2v) is 7.92. The summed E-state index contributed by atoms with van der Waals surface area (Å²) in [6.07, 6.45) is -1.06. The fourth-order valence-electron chi connectivity index (χ4n) is 4.36. The molecule has 30 heavy (non-hydrogen) atoms. The Morgan fingerprint density at radius 3 is 2.23 bits per heavy atom. The van der Waals surface area contributed by atoms with Crippen molar-refractivity contribution in [3.8, 4) is 0 Å². The Kier molecular flexibility index (Phi) is 5.44. The van der Waals surface area contributed by atoms with Gasteiger partial charge < -0.3 is 4.90 Å². The van der Waals surface area contributed by atoms with Crippen molar-refractivity contribution in [2.24, 2.45) is 0 Å². The van der Waals surface area contributed by atoms with Crippen molar-refractivity contribution in [2.45, 2.75) is 37.9 Å². The van der Waals surface area contributed by atoms with Gasteiger partial charge in [-0.25, -0.2) is 9.69 Å². The monoisotopic (exact) mass is 424 g/mol. The minimum Gasteiger partial charge on any atom is -0.369 e. The molecule has 4 rings (SSSR count). The smallest absolute Gasteiger partial charge is 0.369 e. The summed E-state index contributed by atoms with van der Waals surface area (Å²) in [7, 11) is 0. The van der Waals surface area contributed by atoms with Gasteiger partial charge in [0.2, 0.25) is 0 Å². The molecule has 1 aromatic carbocycles. The number of piperazine rings is 1. The molecule has 1 aromatic rings. The highest BCUT2D eigenvalue weighted by molar-refractivity contribution is 6.44. The van der Waals surface area contributed by atoms with E-state index in [0.717, 1.165) is 47.6 Å². The van der Waals surface area contributed by atoms with E-state index in [-0.39, 0.29) is 12.7 Å². The van der Waals surface area contributed by atoms with Crippen molar-refractivity contribution >= 4 is 23.5 Å². The third kappa shape index (κ3) is 3.88. The van der Waals surface area contributed by atoms with Crippen LogP contribution in [-0.2, 0) is 15.8 Å². The van der Waals surface area contributed by atoms with E-state index in [1.165, 1.54) is 6.07 Å². The van der Waals surface area contributed by atoms with Gasteiger partial charge in [-0.05, 0) is 31.0 Å². The Bertz CT molecular complexity index is 846. The molecule has 162 valence electrons. The number of benzene rings is 1. The number of alkyl halides is 3. The number of urea groups is 1. The van der Waals surface area contributed by atoms with Crippen LogP contribution in [0.3, 0.4) is 0 Å². The van der Waals surface area contributed by atoms with Crippen LogP contribution in [-0.4, -0.2) is 71.4 Å². The number of hydrogen-bond acceptors (Lipinski definition) is 5. The van der Waals surface area contributed by atoms with E-state index >= 15 is 0 Å². The maximum Gasteiger partial charge on any atom is 0.416 e. The number of amides is 4. The maximum atomic E-state index is 12.9. The third-order valence-electron chi connectivity index (χ3n) is 6.03. The summed E-state index contributed by atoms with van der Waals surface area (Å²) >= 11 is 0. The Labute approximate surface area is 172 Å². The van der Waals surface area contributed by atoms with Gasteiger partial charge in [0, 0.05) is 37.9 Å². The quantitative estimate of drug-likeness (QED) is 0.549. The summed E-state index contributed by atoms with van der Waals surface area (Å²) in [5.74, 6) is -1.55. The Balaban J connectivity index is 1.36. The van der Waals surface area contributed by atoms with Gasteiger partial charge in [0.15, 0.2) is 0 Å². The number of halogens is 3. The molecule has 2 aliphatic heterocycles. The first kappa shape index (κ1) is 20.6. The van der Waals surface area contributed by atoms with Gasteiger partial charge in [0.25, 0.3) is 0 Å². The number of carbonyl (C=O) groups is 3. The summed E-state index contributed by atoms with van der Waals surface area (Å²) in [4.78, 5) is 43.1.